The average Bonchev–Trinajstić information content (AvgIpc) is 2.53. The molecule has 1 saturated carbocycles. The van der Waals surface area contributed by atoms with Crippen LogP contribution in [0.25, 0.3) is 0 Å². The second-order valence-corrected chi connectivity index (χ2v) is 6.88. The largest absolute Gasteiger partial charge is 0.469 e. The summed E-state index contributed by atoms with van der Waals surface area (Å²) in [5, 5.41) is 9.54. The van der Waals surface area contributed by atoms with Gasteiger partial charge in [-0.05, 0) is 26.2 Å². The van der Waals surface area contributed by atoms with E-state index in [9.17, 15) is 14.7 Å². The van der Waals surface area contributed by atoms with E-state index in [-0.39, 0.29) is 24.9 Å². The molecule has 1 fully saturated rings. The molecular formula is C17H31NO4. The van der Waals surface area contributed by atoms with Crippen LogP contribution in [0.3, 0.4) is 0 Å². The van der Waals surface area contributed by atoms with Gasteiger partial charge in [-0.2, -0.15) is 0 Å². The lowest BCUT2D eigenvalue weighted by molar-refractivity contribution is -0.144. The fourth-order valence-electron chi connectivity index (χ4n) is 3.09. The minimum absolute atomic E-state index is 0.0218. The monoisotopic (exact) mass is 313 g/mol. The zero-order valence-electron chi connectivity index (χ0n) is 14.3. The number of hydrogen-bond acceptors (Lipinski definition) is 4. The van der Waals surface area contributed by atoms with E-state index in [0.29, 0.717) is 18.9 Å². The molecule has 22 heavy (non-hydrogen) atoms. The lowest BCUT2D eigenvalue weighted by Crippen LogP contribution is -2.51. The topological polar surface area (TPSA) is 66.8 Å². The molecule has 0 aliphatic heterocycles. The van der Waals surface area contributed by atoms with Crippen LogP contribution in [0.1, 0.15) is 65.2 Å². The van der Waals surface area contributed by atoms with Gasteiger partial charge < -0.3 is 14.7 Å². The Morgan fingerprint density at radius 3 is 2.36 bits per heavy atom. The van der Waals surface area contributed by atoms with E-state index in [4.69, 9.17) is 0 Å². The molecule has 0 atom stereocenters. The van der Waals surface area contributed by atoms with Crippen molar-refractivity contribution in [2.75, 3.05) is 20.3 Å². The molecule has 0 aromatic carbocycles. The summed E-state index contributed by atoms with van der Waals surface area (Å²) in [4.78, 5) is 25.5. The summed E-state index contributed by atoms with van der Waals surface area (Å²) >= 11 is 0. The lowest BCUT2D eigenvalue weighted by Gasteiger charge is -2.37. The highest BCUT2D eigenvalue weighted by Gasteiger charge is 2.30. The van der Waals surface area contributed by atoms with Crippen molar-refractivity contribution in [2.45, 2.75) is 70.8 Å². The number of esters is 1. The van der Waals surface area contributed by atoms with Crippen molar-refractivity contribution < 1.29 is 19.4 Å². The smallest absolute Gasteiger partial charge is 0.307 e. The molecular weight excluding hydrogens is 282 g/mol. The highest BCUT2D eigenvalue weighted by Crippen LogP contribution is 2.28. The molecule has 0 aromatic rings. The maximum Gasteiger partial charge on any atom is 0.307 e. The number of hydrogen-bond donors (Lipinski definition) is 1. The zero-order valence-corrected chi connectivity index (χ0v) is 14.3. The highest BCUT2D eigenvalue weighted by atomic mass is 16.5. The van der Waals surface area contributed by atoms with Crippen molar-refractivity contribution in [3.8, 4) is 0 Å². The van der Waals surface area contributed by atoms with Crippen LogP contribution in [0.5, 0.6) is 0 Å². The number of ether oxygens (including phenoxy) is 1. The Morgan fingerprint density at radius 2 is 1.82 bits per heavy atom. The summed E-state index contributed by atoms with van der Waals surface area (Å²) in [6.45, 7) is 3.82. The van der Waals surface area contributed by atoms with Crippen molar-refractivity contribution in [3.05, 3.63) is 0 Å². The maximum atomic E-state index is 12.6. The summed E-state index contributed by atoms with van der Waals surface area (Å²) in [5.74, 6) is 0.338. The molecule has 0 radical (unpaired) electrons. The Hall–Kier alpha value is -1.10. The Kier molecular flexibility index (Phi) is 7.87. The van der Waals surface area contributed by atoms with E-state index in [1.807, 2.05) is 13.8 Å². The Balaban J connectivity index is 2.56. The van der Waals surface area contributed by atoms with Crippen LogP contribution in [0.2, 0.25) is 0 Å². The van der Waals surface area contributed by atoms with Gasteiger partial charge in [0.25, 0.3) is 0 Å². The molecule has 1 rings (SSSR count). The van der Waals surface area contributed by atoms with Crippen LogP contribution >= 0.6 is 0 Å². The molecule has 5 heteroatoms. The zero-order chi connectivity index (χ0) is 16.6. The van der Waals surface area contributed by atoms with E-state index < -0.39 is 5.54 Å². The molecule has 1 aliphatic rings. The van der Waals surface area contributed by atoms with E-state index in [2.05, 4.69) is 4.74 Å². The van der Waals surface area contributed by atoms with E-state index >= 15 is 0 Å². The third kappa shape index (κ3) is 5.95. The number of carbonyl (C=O) groups excluding carboxylic acids is 2. The maximum absolute atomic E-state index is 12.6. The molecule has 0 spiro atoms. The first-order valence-corrected chi connectivity index (χ1v) is 8.39. The minimum Gasteiger partial charge on any atom is -0.469 e. The van der Waals surface area contributed by atoms with Crippen molar-refractivity contribution in [2.24, 2.45) is 5.92 Å². The number of aliphatic hydroxyl groups is 1. The Labute approximate surface area is 134 Å². The van der Waals surface area contributed by atoms with Crippen molar-refractivity contribution in [1.82, 2.24) is 4.90 Å². The van der Waals surface area contributed by atoms with Gasteiger partial charge in [-0.1, -0.05) is 32.1 Å². The van der Waals surface area contributed by atoms with Crippen LogP contribution in [0, 0.1) is 5.92 Å². The first-order chi connectivity index (χ1) is 10.4. The van der Waals surface area contributed by atoms with Crippen molar-refractivity contribution in [3.63, 3.8) is 0 Å². The number of methoxy groups -OCH3 is 1. The summed E-state index contributed by atoms with van der Waals surface area (Å²) in [5.41, 5.74) is -0.655. The summed E-state index contributed by atoms with van der Waals surface area (Å²) in [7, 11) is 1.34. The van der Waals surface area contributed by atoms with Gasteiger partial charge in [-0.3, -0.25) is 9.59 Å². The fourth-order valence-corrected chi connectivity index (χ4v) is 3.09. The molecule has 128 valence electrons. The average molecular weight is 313 g/mol. The normalized spacial score (nSPS) is 16.4. The number of amides is 1. The van der Waals surface area contributed by atoms with Crippen LogP contribution in [0.4, 0.5) is 0 Å². The molecule has 1 N–H and O–H groups in total. The van der Waals surface area contributed by atoms with Gasteiger partial charge in [-0.25, -0.2) is 0 Å². The number of rotatable bonds is 8. The van der Waals surface area contributed by atoms with Crippen molar-refractivity contribution in [1.29, 1.82) is 0 Å². The van der Waals surface area contributed by atoms with Gasteiger partial charge in [0.2, 0.25) is 5.91 Å². The van der Waals surface area contributed by atoms with E-state index in [1.54, 1.807) is 4.90 Å². The van der Waals surface area contributed by atoms with E-state index in [0.717, 1.165) is 6.42 Å². The molecule has 0 aromatic heterocycles. The Bertz CT molecular complexity index is 362. The first-order valence-electron chi connectivity index (χ1n) is 8.39. The van der Waals surface area contributed by atoms with Gasteiger partial charge in [0.05, 0.1) is 25.7 Å². The van der Waals surface area contributed by atoms with Gasteiger partial charge in [0.15, 0.2) is 0 Å². The molecule has 0 saturated heterocycles. The van der Waals surface area contributed by atoms with Gasteiger partial charge in [0.1, 0.15) is 0 Å². The van der Waals surface area contributed by atoms with Crippen LogP contribution in [-0.2, 0) is 14.3 Å². The van der Waals surface area contributed by atoms with Gasteiger partial charge in [-0.15, -0.1) is 0 Å². The second-order valence-electron chi connectivity index (χ2n) is 6.88. The predicted octanol–water partition coefficient (Wildman–Crippen LogP) is 2.51. The molecule has 0 unspecified atom stereocenters. The molecule has 1 aliphatic carbocycles. The summed E-state index contributed by atoms with van der Waals surface area (Å²) in [6, 6.07) is 0. The fraction of sp³-hybridized carbons (Fsp3) is 0.882. The molecule has 5 nitrogen and oxygen atoms in total. The third-order valence-electron chi connectivity index (χ3n) is 4.68. The molecule has 1 amide bonds. The van der Waals surface area contributed by atoms with E-state index in [1.165, 1.54) is 39.2 Å². The van der Waals surface area contributed by atoms with Crippen LogP contribution in [-0.4, -0.2) is 47.7 Å². The predicted molar refractivity (Wildman–Crippen MR) is 85.3 cm³/mol. The highest BCUT2D eigenvalue weighted by molar-refractivity contribution is 5.78. The number of aliphatic hydroxyl groups excluding tert-OH is 1. The van der Waals surface area contributed by atoms with Gasteiger partial charge in [0, 0.05) is 13.0 Å². The summed E-state index contributed by atoms with van der Waals surface area (Å²) < 4.78 is 4.64. The standard InChI is InChI=1S/C17H31NO4/c1-17(2,13-19)18(12-11-16(21)22-3)15(20)10-9-14-7-5-4-6-8-14/h14,19H,4-13H2,1-3H3. The number of carbonyl (C=O) groups is 2. The Morgan fingerprint density at radius 1 is 1.18 bits per heavy atom. The number of nitrogens with zero attached hydrogens (tertiary/aromatic N) is 1. The van der Waals surface area contributed by atoms with Crippen LogP contribution < -0.4 is 0 Å². The quantitative estimate of drug-likeness (QED) is 0.699. The van der Waals surface area contributed by atoms with Crippen molar-refractivity contribution >= 4 is 11.9 Å². The molecule has 0 heterocycles. The first kappa shape index (κ1) is 18.9. The van der Waals surface area contributed by atoms with Gasteiger partial charge >= 0.3 is 5.97 Å². The van der Waals surface area contributed by atoms with Crippen LogP contribution in [0.15, 0.2) is 0 Å². The summed E-state index contributed by atoms with van der Waals surface area (Å²) in [6.07, 6.45) is 7.87. The SMILES string of the molecule is COC(=O)CCN(C(=O)CCC1CCCCC1)C(C)(C)CO. The lowest BCUT2D eigenvalue weighted by atomic mass is 9.86. The minimum atomic E-state index is -0.655. The molecule has 0 bridgehead atoms. The third-order valence-corrected chi connectivity index (χ3v) is 4.68. The second kappa shape index (κ2) is 9.13.